The molecule has 1 saturated heterocycles. The highest BCUT2D eigenvalue weighted by atomic mass is 32.2. The summed E-state index contributed by atoms with van der Waals surface area (Å²) in [5.74, 6) is -0.548. The van der Waals surface area contributed by atoms with Gasteiger partial charge in [0.05, 0.1) is 11.4 Å². The van der Waals surface area contributed by atoms with Gasteiger partial charge in [0.15, 0.2) is 0 Å². The number of aryl methyl sites for hydroxylation is 2. The van der Waals surface area contributed by atoms with E-state index in [1.54, 1.807) is 16.4 Å². The van der Waals surface area contributed by atoms with Gasteiger partial charge in [-0.05, 0) is 50.5 Å². The number of sulfonamides is 1. The predicted octanol–water partition coefficient (Wildman–Crippen LogP) is 3.79. The van der Waals surface area contributed by atoms with Crippen LogP contribution in [0.3, 0.4) is 0 Å². The average Bonchev–Trinajstić information content (AvgIpc) is 3.45. The first-order valence-electron chi connectivity index (χ1n) is 9.92. The zero-order valence-electron chi connectivity index (χ0n) is 17.3. The Morgan fingerprint density at radius 2 is 1.97 bits per heavy atom. The lowest BCUT2D eigenvalue weighted by Gasteiger charge is -2.16. The van der Waals surface area contributed by atoms with E-state index in [0.29, 0.717) is 16.3 Å². The zero-order valence-corrected chi connectivity index (χ0v) is 18.9. The number of anilines is 1. The van der Waals surface area contributed by atoms with Crippen molar-refractivity contribution in [3.8, 4) is 10.7 Å². The van der Waals surface area contributed by atoms with Gasteiger partial charge in [0.25, 0.3) is 10.0 Å². The van der Waals surface area contributed by atoms with E-state index in [2.05, 4.69) is 9.71 Å². The summed E-state index contributed by atoms with van der Waals surface area (Å²) in [6.45, 7) is 4.93. The lowest BCUT2D eigenvalue weighted by Crippen LogP contribution is -2.31. The number of benzene rings is 1. The highest BCUT2D eigenvalue weighted by molar-refractivity contribution is 7.92. The molecule has 10 heteroatoms. The molecule has 164 valence electrons. The molecule has 3 aromatic rings. The van der Waals surface area contributed by atoms with Crippen LogP contribution >= 0.6 is 11.3 Å². The standard InChI is InChI=1S/C21H23FN4O3S2/c1-14-5-6-16(9-18(14)22)24-31(28,29)17-10-19(21-23-15(2)13-30-21)26(11-17)12-20(27)25-7-3-4-8-25/h5-6,9-11,13,24H,3-4,7-8,12H2,1-2H3. The third kappa shape index (κ3) is 4.64. The van der Waals surface area contributed by atoms with Crippen molar-refractivity contribution in [1.29, 1.82) is 0 Å². The summed E-state index contributed by atoms with van der Waals surface area (Å²) >= 11 is 1.39. The molecule has 7 nitrogen and oxygen atoms in total. The Balaban J connectivity index is 1.67. The number of hydrogen-bond acceptors (Lipinski definition) is 5. The van der Waals surface area contributed by atoms with Crippen LogP contribution in [0.25, 0.3) is 10.7 Å². The van der Waals surface area contributed by atoms with Gasteiger partial charge in [0.2, 0.25) is 5.91 Å². The molecule has 0 radical (unpaired) electrons. The van der Waals surface area contributed by atoms with E-state index in [9.17, 15) is 17.6 Å². The minimum atomic E-state index is -3.99. The van der Waals surface area contributed by atoms with Crippen molar-refractivity contribution in [3.63, 3.8) is 0 Å². The Bertz CT molecular complexity index is 1230. The number of amides is 1. The second kappa shape index (κ2) is 8.43. The molecular formula is C21H23FN4O3S2. The van der Waals surface area contributed by atoms with E-state index >= 15 is 0 Å². The number of hydrogen-bond donors (Lipinski definition) is 1. The van der Waals surface area contributed by atoms with Crippen molar-refractivity contribution >= 4 is 33.0 Å². The van der Waals surface area contributed by atoms with Gasteiger partial charge in [-0.15, -0.1) is 11.3 Å². The largest absolute Gasteiger partial charge is 0.341 e. The molecule has 0 spiro atoms. The summed E-state index contributed by atoms with van der Waals surface area (Å²) in [5.41, 5.74) is 1.93. The number of halogens is 1. The molecule has 1 aromatic carbocycles. The second-order valence-corrected chi connectivity index (χ2v) is 10.2. The molecule has 0 unspecified atom stereocenters. The van der Waals surface area contributed by atoms with Gasteiger partial charge in [0.1, 0.15) is 22.3 Å². The SMILES string of the molecule is Cc1csc(-c2cc(S(=O)(=O)Nc3ccc(C)c(F)c3)cn2CC(=O)N2CCCC2)n1. The summed E-state index contributed by atoms with van der Waals surface area (Å²) in [4.78, 5) is 18.9. The van der Waals surface area contributed by atoms with Crippen molar-refractivity contribution in [3.05, 3.63) is 52.9 Å². The van der Waals surface area contributed by atoms with E-state index in [1.807, 2.05) is 12.3 Å². The van der Waals surface area contributed by atoms with Crippen LogP contribution in [0.15, 0.2) is 40.7 Å². The van der Waals surface area contributed by atoms with Crippen LogP contribution in [-0.2, 0) is 21.4 Å². The minimum absolute atomic E-state index is 0.00874. The van der Waals surface area contributed by atoms with Crippen LogP contribution in [0, 0.1) is 19.7 Å². The monoisotopic (exact) mass is 462 g/mol. The van der Waals surface area contributed by atoms with Crippen LogP contribution in [0.1, 0.15) is 24.1 Å². The smallest absolute Gasteiger partial charge is 0.263 e. The third-order valence-electron chi connectivity index (χ3n) is 5.21. The normalized spacial score (nSPS) is 14.2. The van der Waals surface area contributed by atoms with Crippen molar-refractivity contribution < 1.29 is 17.6 Å². The van der Waals surface area contributed by atoms with Gasteiger partial charge in [-0.2, -0.15) is 0 Å². The minimum Gasteiger partial charge on any atom is -0.341 e. The first-order chi connectivity index (χ1) is 14.7. The Hall–Kier alpha value is -2.72. The van der Waals surface area contributed by atoms with Crippen LogP contribution in [0.2, 0.25) is 0 Å². The molecular weight excluding hydrogens is 439 g/mol. The Morgan fingerprint density at radius 3 is 2.61 bits per heavy atom. The van der Waals surface area contributed by atoms with Crippen LogP contribution in [-0.4, -0.2) is 41.9 Å². The maximum absolute atomic E-state index is 13.9. The quantitative estimate of drug-likeness (QED) is 0.604. The summed E-state index contributed by atoms with van der Waals surface area (Å²) < 4.78 is 43.9. The maximum atomic E-state index is 13.9. The lowest BCUT2D eigenvalue weighted by atomic mass is 10.2. The highest BCUT2D eigenvalue weighted by Gasteiger charge is 2.24. The van der Waals surface area contributed by atoms with E-state index in [0.717, 1.165) is 37.7 Å². The number of likely N-dealkylation sites (tertiary alicyclic amines) is 1. The lowest BCUT2D eigenvalue weighted by molar-refractivity contribution is -0.130. The summed E-state index contributed by atoms with van der Waals surface area (Å²) in [6, 6.07) is 5.67. The molecule has 4 rings (SSSR count). The van der Waals surface area contributed by atoms with E-state index in [1.165, 1.54) is 35.7 Å². The molecule has 31 heavy (non-hydrogen) atoms. The number of rotatable bonds is 6. The molecule has 3 heterocycles. The number of aromatic nitrogens is 2. The van der Waals surface area contributed by atoms with Gasteiger partial charge in [-0.1, -0.05) is 6.07 Å². The molecule has 0 saturated carbocycles. The fourth-order valence-corrected chi connectivity index (χ4v) is 5.41. The van der Waals surface area contributed by atoms with Gasteiger partial charge in [0, 0.05) is 30.4 Å². The maximum Gasteiger partial charge on any atom is 0.263 e. The number of nitrogens with one attached hydrogen (secondary N) is 1. The fourth-order valence-electron chi connectivity index (χ4n) is 3.49. The first kappa shape index (κ1) is 21.5. The number of thiazole rings is 1. The zero-order chi connectivity index (χ0) is 22.2. The van der Waals surface area contributed by atoms with Gasteiger partial charge in [-0.25, -0.2) is 17.8 Å². The average molecular weight is 463 g/mol. The Kier molecular flexibility index (Phi) is 5.85. The second-order valence-electron chi connectivity index (χ2n) is 7.64. The van der Waals surface area contributed by atoms with E-state index < -0.39 is 15.8 Å². The molecule has 0 bridgehead atoms. The van der Waals surface area contributed by atoms with E-state index in [-0.39, 0.29) is 23.0 Å². The summed E-state index contributed by atoms with van der Waals surface area (Å²) in [6.07, 6.45) is 3.39. The Morgan fingerprint density at radius 1 is 1.23 bits per heavy atom. The third-order valence-corrected chi connectivity index (χ3v) is 7.54. The Labute approximate surface area is 184 Å². The fraction of sp³-hybridized carbons (Fsp3) is 0.333. The topological polar surface area (TPSA) is 84.3 Å². The first-order valence-corrected chi connectivity index (χ1v) is 12.3. The molecule has 1 fully saturated rings. The summed E-state index contributed by atoms with van der Waals surface area (Å²) in [7, 11) is -3.99. The van der Waals surface area contributed by atoms with Gasteiger partial charge < -0.3 is 9.47 Å². The molecule has 1 N–H and O–H groups in total. The van der Waals surface area contributed by atoms with Crippen molar-refractivity contribution in [2.45, 2.75) is 38.1 Å². The highest BCUT2D eigenvalue weighted by Crippen LogP contribution is 2.29. The van der Waals surface area contributed by atoms with Crippen LogP contribution in [0.5, 0.6) is 0 Å². The number of nitrogens with zero attached hydrogens (tertiary/aromatic N) is 3. The van der Waals surface area contributed by atoms with Crippen molar-refractivity contribution in [2.24, 2.45) is 0 Å². The van der Waals surface area contributed by atoms with Crippen LogP contribution in [0.4, 0.5) is 10.1 Å². The number of carbonyl (C=O) groups excluding carboxylic acids is 1. The van der Waals surface area contributed by atoms with Crippen molar-refractivity contribution in [1.82, 2.24) is 14.5 Å². The molecule has 1 aliphatic heterocycles. The van der Waals surface area contributed by atoms with Gasteiger partial charge in [-0.3, -0.25) is 9.52 Å². The van der Waals surface area contributed by atoms with E-state index in [4.69, 9.17) is 0 Å². The molecule has 1 amide bonds. The van der Waals surface area contributed by atoms with Crippen LogP contribution < -0.4 is 4.72 Å². The predicted molar refractivity (Wildman–Crippen MR) is 118 cm³/mol. The molecule has 0 aliphatic carbocycles. The van der Waals surface area contributed by atoms with Gasteiger partial charge >= 0.3 is 0 Å². The van der Waals surface area contributed by atoms with Crippen molar-refractivity contribution in [2.75, 3.05) is 17.8 Å². The molecule has 2 aromatic heterocycles. The number of carbonyl (C=O) groups is 1. The molecule has 0 atom stereocenters. The molecule has 1 aliphatic rings. The summed E-state index contributed by atoms with van der Waals surface area (Å²) in [5, 5.41) is 2.51.